The third-order valence-electron chi connectivity index (χ3n) is 5.14. The van der Waals surface area contributed by atoms with E-state index in [1.54, 1.807) is 0 Å². The van der Waals surface area contributed by atoms with Gasteiger partial charge in [-0.2, -0.15) is 0 Å². The Morgan fingerprint density at radius 2 is 1.83 bits per heavy atom. The summed E-state index contributed by atoms with van der Waals surface area (Å²) in [5, 5.41) is 1.11. The Balaban J connectivity index is 1.53. The first-order chi connectivity index (χ1) is 14.7. The first kappa shape index (κ1) is 18.4. The maximum atomic E-state index is 5.84. The van der Waals surface area contributed by atoms with E-state index in [-0.39, 0.29) is 0 Å². The van der Waals surface area contributed by atoms with Gasteiger partial charge in [-0.1, -0.05) is 18.2 Å². The van der Waals surface area contributed by atoms with E-state index < -0.39 is 0 Å². The summed E-state index contributed by atoms with van der Waals surface area (Å²) in [6.45, 7) is 1.51. The van der Waals surface area contributed by atoms with Gasteiger partial charge in [-0.3, -0.25) is 4.40 Å². The Hall–Kier alpha value is -3.64. The van der Waals surface area contributed by atoms with Crippen LogP contribution in [-0.4, -0.2) is 51.1 Å². The van der Waals surface area contributed by atoms with Gasteiger partial charge in [0.2, 0.25) is 0 Å². The molecule has 0 aliphatic carbocycles. The van der Waals surface area contributed by atoms with Gasteiger partial charge in [0.25, 0.3) is 0 Å². The number of benzene rings is 1. The zero-order valence-corrected chi connectivity index (χ0v) is 17.1. The Labute approximate surface area is 175 Å². The molecule has 0 unspecified atom stereocenters. The molecular weight excluding hydrogens is 374 g/mol. The molecule has 4 heterocycles. The van der Waals surface area contributed by atoms with Crippen molar-refractivity contribution in [2.45, 2.75) is 0 Å². The number of imidazole rings is 1. The average Bonchev–Trinajstić information content (AvgIpc) is 3.42. The second kappa shape index (κ2) is 7.65. The molecule has 0 spiro atoms. The molecule has 4 aromatic heterocycles. The highest BCUT2D eigenvalue weighted by atomic mass is 16.5. The van der Waals surface area contributed by atoms with Gasteiger partial charge in [0.05, 0.1) is 28.8 Å². The lowest BCUT2D eigenvalue weighted by Crippen LogP contribution is -2.19. The second-order valence-electron chi connectivity index (χ2n) is 7.52. The molecule has 0 radical (unpaired) electrons. The summed E-state index contributed by atoms with van der Waals surface area (Å²) in [5.74, 6) is 0.822. The third kappa shape index (κ3) is 3.42. The van der Waals surface area contributed by atoms with E-state index in [1.165, 1.54) is 0 Å². The fraction of sp³-hybridized carbons (Fsp3) is 0.167. The topological polar surface area (TPSA) is 47.6 Å². The molecule has 30 heavy (non-hydrogen) atoms. The molecule has 5 aromatic rings. The summed E-state index contributed by atoms with van der Waals surface area (Å²) in [4.78, 5) is 11.7. The molecule has 0 fully saturated rings. The molecule has 0 amide bonds. The minimum Gasteiger partial charge on any atom is -0.492 e. The van der Waals surface area contributed by atoms with E-state index >= 15 is 0 Å². The van der Waals surface area contributed by atoms with Gasteiger partial charge in [-0.15, -0.1) is 0 Å². The molecular formula is C24H23N5O. The Kier molecular flexibility index (Phi) is 4.69. The molecule has 0 bridgehead atoms. The van der Waals surface area contributed by atoms with E-state index in [4.69, 9.17) is 9.72 Å². The van der Waals surface area contributed by atoms with Crippen LogP contribution >= 0.6 is 0 Å². The van der Waals surface area contributed by atoms with Crippen molar-refractivity contribution in [2.24, 2.45) is 0 Å². The molecule has 6 nitrogen and oxygen atoms in total. The number of para-hydroxylation sites is 1. The molecule has 6 heteroatoms. The normalized spacial score (nSPS) is 11.6. The number of fused-ring (bicyclic) bond motifs is 2. The summed E-state index contributed by atoms with van der Waals surface area (Å²) in [7, 11) is 4.07. The van der Waals surface area contributed by atoms with Crippen molar-refractivity contribution in [1.29, 1.82) is 0 Å². The monoisotopic (exact) mass is 397 g/mol. The molecule has 0 aliphatic rings. The molecule has 0 saturated heterocycles. The lowest BCUT2D eigenvalue weighted by atomic mass is 10.1. The maximum absolute atomic E-state index is 5.84. The summed E-state index contributed by atoms with van der Waals surface area (Å²) < 4.78 is 9.98. The van der Waals surface area contributed by atoms with E-state index in [2.05, 4.69) is 38.7 Å². The van der Waals surface area contributed by atoms with E-state index in [0.717, 1.165) is 45.9 Å². The number of ether oxygens (including phenoxy) is 1. The van der Waals surface area contributed by atoms with Crippen molar-refractivity contribution in [3.63, 3.8) is 0 Å². The van der Waals surface area contributed by atoms with Crippen LogP contribution in [0.1, 0.15) is 0 Å². The zero-order chi connectivity index (χ0) is 20.5. The predicted octanol–water partition coefficient (Wildman–Crippen LogP) is 4.28. The number of nitrogens with zero attached hydrogens (tertiary/aromatic N) is 5. The Morgan fingerprint density at radius 3 is 2.67 bits per heavy atom. The number of likely N-dealkylation sites (N-methyl/N-ethyl adjacent to an activating group) is 1. The van der Waals surface area contributed by atoms with Crippen LogP contribution in [0.4, 0.5) is 0 Å². The van der Waals surface area contributed by atoms with Crippen molar-refractivity contribution < 1.29 is 4.74 Å². The summed E-state index contributed by atoms with van der Waals surface area (Å²) in [5.41, 5.74) is 4.70. The number of hydrogen-bond acceptors (Lipinski definition) is 4. The molecule has 0 aliphatic heterocycles. The summed E-state index contributed by atoms with van der Waals surface area (Å²) in [6.07, 6.45) is 7.93. The molecule has 0 saturated carbocycles. The van der Waals surface area contributed by atoms with Gasteiger partial charge in [-0.25, -0.2) is 9.97 Å². The fourth-order valence-electron chi connectivity index (χ4n) is 3.56. The van der Waals surface area contributed by atoms with Gasteiger partial charge in [-0.05, 0) is 44.4 Å². The average molecular weight is 397 g/mol. The van der Waals surface area contributed by atoms with Crippen LogP contribution in [0.5, 0.6) is 5.75 Å². The zero-order valence-electron chi connectivity index (χ0n) is 17.1. The summed E-state index contributed by atoms with van der Waals surface area (Å²) >= 11 is 0. The van der Waals surface area contributed by atoms with Crippen LogP contribution < -0.4 is 4.74 Å². The van der Waals surface area contributed by atoms with E-state index in [1.807, 2.05) is 73.6 Å². The van der Waals surface area contributed by atoms with Gasteiger partial charge in [0.15, 0.2) is 0 Å². The highest BCUT2D eigenvalue weighted by Gasteiger charge is 2.11. The van der Waals surface area contributed by atoms with Crippen molar-refractivity contribution >= 4 is 16.6 Å². The van der Waals surface area contributed by atoms with E-state index in [0.29, 0.717) is 6.61 Å². The Bertz CT molecular complexity index is 1300. The third-order valence-corrected chi connectivity index (χ3v) is 5.14. The minimum absolute atomic E-state index is 0.644. The van der Waals surface area contributed by atoms with Crippen LogP contribution in [0.2, 0.25) is 0 Å². The second-order valence-corrected chi connectivity index (χ2v) is 7.52. The van der Waals surface area contributed by atoms with Gasteiger partial charge < -0.3 is 14.2 Å². The first-order valence-corrected chi connectivity index (χ1v) is 9.97. The highest BCUT2D eigenvalue weighted by molar-refractivity contribution is 5.88. The molecule has 0 atom stereocenters. The van der Waals surface area contributed by atoms with Crippen LogP contribution in [0.3, 0.4) is 0 Å². The van der Waals surface area contributed by atoms with Crippen LogP contribution in [0, 0.1) is 0 Å². The number of hydrogen-bond donors (Lipinski definition) is 0. The fourth-order valence-corrected chi connectivity index (χ4v) is 3.56. The smallest absolute Gasteiger partial charge is 0.140 e. The predicted molar refractivity (Wildman–Crippen MR) is 119 cm³/mol. The lowest BCUT2D eigenvalue weighted by Gasteiger charge is -2.11. The minimum atomic E-state index is 0.644. The van der Waals surface area contributed by atoms with Gasteiger partial charge in [0, 0.05) is 36.6 Å². The summed E-state index contributed by atoms with van der Waals surface area (Å²) in [6, 6.07) is 18.4. The number of aromatic nitrogens is 4. The van der Waals surface area contributed by atoms with Crippen LogP contribution in [0.15, 0.2) is 79.4 Å². The maximum Gasteiger partial charge on any atom is 0.140 e. The van der Waals surface area contributed by atoms with Crippen molar-refractivity contribution in [2.75, 3.05) is 27.2 Å². The van der Waals surface area contributed by atoms with E-state index in [9.17, 15) is 0 Å². The van der Waals surface area contributed by atoms with Crippen molar-refractivity contribution in [1.82, 2.24) is 23.8 Å². The Morgan fingerprint density at radius 1 is 0.967 bits per heavy atom. The molecule has 0 N–H and O–H groups in total. The molecule has 5 rings (SSSR count). The van der Waals surface area contributed by atoms with Gasteiger partial charge in [0.1, 0.15) is 18.0 Å². The highest BCUT2D eigenvalue weighted by Crippen LogP contribution is 2.27. The first-order valence-electron chi connectivity index (χ1n) is 9.97. The molecule has 150 valence electrons. The van der Waals surface area contributed by atoms with Crippen LogP contribution in [-0.2, 0) is 0 Å². The standard InChI is InChI=1S/C24H23N5O/c1-27(2)14-15-30-19-10-13-29-22(17-25-23(29)16-19)20-9-8-18-6-5-7-21(24(18)26-20)28-11-3-4-12-28/h3-13,16-17H,14-15H2,1-2H3. The lowest BCUT2D eigenvalue weighted by molar-refractivity contribution is 0.261. The van der Waals surface area contributed by atoms with Crippen LogP contribution in [0.25, 0.3) is 33.6 Å². The SMILES string of the molecule is CN(C)CCOc1ccn2c(-c3ccc4cccc(-n5cccc5)c4n3)cnc2c1. The van der Waals surface area contributed by atoms with Gasteiger partial charge >= 0.3 is 0 Å². The quantitative estimate of drug-likeness (QED) is 0.429. The largest absolute Gasteiger partial charge is 0.492 e. The van der Waals surface area contributed by atoms with Crippen molar-refractivity contribution in [3.8, 4) is 22.8 Å². The number of pyridine rings is 2. The number of rotatable bonds is 6. The molecule has 1 aromatic carbocycles. The van der Waals surface area contributed by atoms with Crippen molar-refractivity contribution in [3.05, 3.63) is 79.4 Å².